The molecule has 2 aromatic carbocycles. The Balaban J connectivity index is 1.74. The summed E-state index contributed by atoms with van der Waals surface area (Å²) in [6, 6.07) is 15.3. The van der Waals surface area contributed by atoms with Crippen LogP contribution in [-0.2, 0) is 0 Å². The number of methoxy groups -OCH3 is 1. The molecule has 0 saturated carbocycles. The number of rotatable bonds is 5. The van der Waals surface area contributed by atoms with E-state index in [1.807, 2.05) is 0 Å². The Morgan fingerprint density at radius 2 is 1.63 bits per heavy atom. The van der Waals surface area contributed by atoms with Crippen molar-refractivity contribution in [3.63, 3.8) is 0 Å². The van der Waals surface area contributed by atoms with Gasteiger partial charge in [-0.3, -0.25) is 14.6 Å². The van der Waals surface area contributed by atoms with E-state index in [0.717, 1.165) is 0 Å². The summed E-state index contributed by atoms with van der Waals surface area (Å²) in [4.78, 5) is 28.7. The third-order valence-electron chi connectivity index (χ3n) is 3.66. The van der Waals surface area contributed by atoms with Crippen LogP contribution in [0.1, 0.15) is 20.8 Å². The first-order valence-electron chi connectivity index (χ1n) is 8.03. The highest BCUT2D eigenvalue weighted by atomic mass is 19.1. The van der Waals surface area contributed by atoms with E-state index in [1.54, 1.807) is 30.3 Å². The number of pyridine rings is 1. The maximum Gasteiger partial charge on any atom is 0.274 e. The van der Waals surface area contributed by atoms with Gasteiger partial charge in [0.1, 0.15) is 17.3 Å². The van der Waals surface area contributed by atoms with Crippen molar-refractivity contribution in [1.29, 1.82) is 0 Å². The third kappa shape index (κ3) is 4.66. The number of carbonyl (C=O) groups is 2. The summed E-state index contributed by atoms with van der Waals surface area (Å²) in [5.41, 5.74) is 1.16. The Hall–Kier alpha value is -3.74. The van der Waals surface area contributed by atoms with Crippen molar-refractivity contribution in [2.24, 2.45) is 0 Å². The maximum atomic E-state index is 13.2. The molecule has 2 N–H and O–H groups in total. The molecule has 3 aromatic rings. The number of benzene rings is 2. The average molecular weight is 365 g/mol. The predicted octanol–water partition coefficient (Wildman–Crippen LogP) is 3.73. The van der Waals surface area contributed by atoms with Gasteiger partial charge in [-0.05, 0) is 42.5 Å². The summed E-state index contributed by atoms with van der Waals surface area (Å²) in [6.07, 6.45) is 1.36. The molecule has 0 unspecified atom stereocenters. The van der Waals surface area contributed by atoms with E-state index in [-0.39, 0.29) is 11.3 Å². The van der Waals surface area contributed by atoms with Crippen LogP contribution in [0.4, 0.5) is 15.8 Å². The van der Waals surface area contributed by atoms with Crippen molar-refractivity contribution in [2.45, 2.75) is 0 Å². The molecule has 3 rings (SSSR count). The molecule has 2 amide bonds. The van der Waals surface area contributed by atoms with Gasteiger partial charge < -0.3 is 15.4 Å². The number of amides is 2. The normalized spacial score (nSPS) is 10.1. The van der Waals surface area contributed by atoms with Crippen molar-refractivity contribution < 1.29 is 18.7 Å². The van der Waals surface area contributed by atoms with E-state index >= 15 is 0 Å². The zero-order valence-corrected chi connectivity index (χ0v) is 14.4. The molecule has 0 atom stereocenters. The van der Waals surface area contributed by atoms with Crippen LogP contribution in [0.15, 0.2) is 66.9 Å². The zero-order valence-electron chi connectivity index (χ0n) is 14.4. The molecule has 6 nitrogen and oxygen atoms in total. The van der Waals surface area contributed by atoms with Gasteiger partial charge in [-0.2, -0.15) is 0 Å². The predicted molar refractivity (Wildman–Crippen MR) is 99.5 cm³/mol. The number of hydrogen-bond donors (Lipinski definition) is 2. The van der Waals surface area contributed by atoms with Crippen molar-refractivity contribution in [3.05, 3.63) is 83.9 Å². The first-order valence-corrected chi connectivity index (χ1v) is 8.03. The second-order valence-electron chi connectivity index (χ2n) is 5.58. The topological polar surface area (TPSA) is 80.3 Å². The molecule has 0 aliphatic carbocycles. The second-order valence-corrected chi connectivity index (χ2v) is 5.58. The van der Waals surface area contributed by atoms with Crippen LogP contribution in [0, 0.1) is 5.82 Å². The van der Waals surface area contributed by atoms with Gasteiger partial charge in [0.05, 0.1) is 7.11 Å². The van der Waals surface area contributed by atoms with Crippen molar-refractivity contribution in [3.8, 4) is 5.75 Å². The fraction of sp³-hybridized carbons (Fsp3) is 0.0500. The minimum Gasteiger partial charge on any atom is -0.497 e. The molecule has 136 valence electrons. The number of halogens is 1. The third-order valence-corrected chi connectivity index (χ3v) is 3.66. The standard InChI is InChI=1S/C20H16FN3O3/c1-27-17-7-3-6-16(12-17)23-19(25)13-8-9-22-18(10-13)20(26)24-15-5-2-4-14(21)11-15/h2-12H,1H3,(H,23,25)(H,24,26). The molecular formula is C20H16FN3O3. The first kappa shape index (κ1) is 18.1. The quantitative estimate of drug-likeness (QED) is 0.722. The van der Waals surface area contributed by atoms with E-state index in [1.165, 1.54) is 43.6 Å². The van der Waals surface area contributed by atoms with Crippen LogP contribution in [0.5, 0.6) is 5.75 Å². The molecule has 0 fully saturated rings. The van der Waals surface area contributed by atoms with Crippen LogP contribution in [0.25, 0.3) is 0 Å². The van der Waals surface area contributed by atoms with Crippen LogP contribution >= 0.6 is 0 Å². The highest BCUT2D eigenvalue weighted by molar-refractivity contribution is 6.07. The summed E-state index contributed by atoms with van der Waals surface area (Å²) in [7, 11) is 1.54. The first-order chi connectivity index (χ1) is 13.0. The SMILES string of the molecule is COc1cccc(NC(=O)c2ccnc(C(=O)Nc3cccc(F)c3)c2)c1. The molecular weight excluding hydrogens is 349 g/mol. The molecule has 0 saturated heterocycles. The molecule has 0 radical (unpaired) electrons. The van der Waals surface area contributed by atoms with Crippen molar-refractivity contribution >= 4 is 23.2 Å². The van der Waals surface area contributed by atoms with Gasteiger partial charge in [-0.25, -0.2) is 4.39 Å². The number of nitrogens with zero attached hydrogens (tertiary/aromatic N) is 1. The summed E-state index contributed by atoms with van der Waals surface area (Å²) in [5.74, 6) is -0.799. The van der Waals surface area contributed by atoms with E-state index in [9.17, 15) is 14.0 Å². The summed E-state index contributed by atoms with van der Waals surface area (Å²) < 4.78 is 18.3. The summed E-state index contributed by atoms with van der Waals surface area (Å²) >= 11 is 0. The molecule has 0 spiro atoms. The van der Waals surface area contributed by atoms with E-state index in [2.05, 4.69) is 15.6 Å². The van der Waals surface area contributed by atoms with Gasteiger partial charge in [-0.1, -0.05) is 12.1 Å². The van der Waals surface area contributed by atoms with E-state index < -0.39 is 17.6 Å². The lowest BCUT2D eigenvalue weighted by Gasteiger charge is -2.08. The fourth-order valence-corrected chi connectivity index (χ4v) is 2.36. The monoisotopic (exact) mass is 365 g/mol. The fourth-order valence-electron chi connectivity index (χ4n) is 2.36. The average Bonchev–Trinajstić information content (AvgIpc) is 2.68. The highest BCUT2D eigenvalue weighted by Crippen LogP contribution is 2.18. The Bertz CT molecular complexity index is 991. The molecule has 7 heteroatoms. The largest absolute Gasteiger partial charge is 0.497 e. The second kappa shape index (κ2) is 8.09. The zero-order chi connectivity index (χ0) is 19.2. The maximum absolute atomic E-state index is 13.2. The molecule has 0 aliphatic rings. The Kier molecular flexibility index (Phi) is 5.41. The molecule has 1 heterocycles. The Morgan fingerprint density at radius 1 is 0.926 bits per heavy atom. The lowest BCUT2D eigenvalue weighted by Crippen LogP contribution is -2.17. The van der Waals surface area contributed by atoms with Gasteiger partial charge in [0.25, 0.3) is 11.8 Å². The number of nitrogens with one attached hydrogen (secondary N) is 2. The number of aromatic nitrogens is 1. The van der Waals surface area contributed by atoms with Gasteiger partial charge in [-0.15, -0.1) is 0 Å². The smallest absolute Gasteiger partial charge is 0.274 e. The number of ether oxygens (including phenoxy) is 1. The number of anilines is 2. The lowest BCUT2D eigenvalue weighted by atomic mass is 10.2. The van der Waals surface area contributed by atoms with Crippen LogP contribution in [-0.4, -0.2) is 23.9 Å². The Morgan fingerprint density at radius 3 is 2.37 bits per heavy atom. The summed E-state index contributed by atoms with van der Waals surface area (Å²) in [6.45, 7) is 0. The Labute approximate surface area is 155 Å². The molecule has 0 aliphatic heterocycles. The van der Waals surface area contributed by atoms with Gasteiger partial charge in [0.2, 0.25) is 0 Å². The molecule has 0 bridgehead atoms. The molecule has 27 heavy (non-hydrogen) atoms. The van der Waals surface area contributed by atoms with Gasteiger partial charge in [0, 0.05) is 29.2 Å². The van der Waals surface area contributed by atoms with E-state index in [4.69, 9.17) is 4.74 Å². The van der Waals surface area contributed by atoms with Crippen LogP contribution in [0.3, 0.4) is 0 Å². The van der Waals surface area contributed by atoms with Crippen LogP contribution in [0.2, 0.25) is 0 Å². The van der Waals surface area contributed by atoms with Crippen molar-refractivity contribution in [2.75, 3.05) is 17.7 Å². The number of hydrogen-bond acceptors (Lipinski definition) is 4. The summed E-state index contributed by atoms with van der Waals surface area (Å²) in [5, 5.41) is 5.27. The lowest BCUT2D eigenvalue weighted by molar-refractivity contribution is 0.102. The highest BCUT2D eigenvalue weighted by Gasteiger charge is 2.13. The van der Waals surface area contributed by atoms with Crippen LogP contribution < -0.4 is 15.4 Å². The molecule has 1 aromatic heterocycles. The van der Waals surface area contributed by atoms with Gasteiger partial charge in [0.15, 0.2) is 0 Å². The number of carbonyl (C=O) groups excluding carboxylic acids is 2. The van der Waals surface area contributed by atoms with E-state index in [0.29, 0.717) is 17.1 Å². The van der Waals surface area contributed by atoms with Gasteiger partial charge >= 0.3 is 0 Å². The van der Waals surface area contributed by atoms with Crippen molar-refractivity contribution in [1.82, 2.24) is 4.98 Å². The minimum absolute atomic E-state index is 0.0394. The minimum atomic E-state index is -0.545.